The average molecular weight is 309 g/mol. The highest BCUT2D eigenvalue weighted by Gasteiger charge is 2.18. The number of nitrogens with one attached hydrogen (secondary N) is 1. The molecule has 4 nitrogen and oxygen atoms in total. The number of nitrogens with zero attached hydrogens (tertiary/aromatic N) is 2. The van der Waals surface area contributed by atoms with Crippen LogP contribution in [0.25, 0.3) is 10.9 Å². The minimum Gasteiger partial charge on any atom is -0.508 e. The number of phenols is 1. The SMILES string of the molecule is Cc1ccc(O)cc1Nc1ncnc2ccc3c(c12)CCS3. The van der Waals surface area contributed by atoms with Crippen molar-refractivity contribution in [2.24, 2.45) is 0 Å². The fourth-order valence-electron chi connectivity index (χ4n) is 2.81. The highest BCUT2D eigenvalue weighted by Crippen LogP contribution is 2.39. The average Bonchev–Trinajstić information content (AvgIpc) is 2.99. The molecule has 2 N–H and O–H groups in total. The molecule has 2 heterocycles. The predicted molar refractivity (Wildman–Crippen MR) is 90.1 cm³/mol. The molecule has 0 amide bonds. The highest BCUT2D eigenvalue weighted by molar-refractivity contribution is 7.99. The van der Waals surface area contributed by atoms with E-state index in [1.54, 1.807) is 18.5 Å². The molecule has 0 radical (unpaired) electrons. The van der Waals surface area contributed by atoms with E-state index in [2.05, 4.69) is 27.4 Å². The zero-order valence-corrected chi connectivity index (χ0v) is 12.9. The van der Waals surface area contributed by atoms with Crippen molar-refractivity contribution < 1.29 is 5.11 Å². The molecule has 0 atom stereocenters. The number of hydrogen-bond acceptors (Lipinski definition) is 5. The molecule has 0 unspecified atom stereocenters. The number of hydrogen-bond donors (Lipinski definition) is 2. The molecule has 0 bridgehead atoms. The topological polar surface area (TPSA) is 58.0 Å². The molecule has 3 aromatic rings. The first-order valence-corrected chi connectivity index (χ1v) is 8.17. The van der Waals surface area contributed by atoms with Crippen LogP contribution < -0.4 is 5.32 Å². The third-order valence-corrected chi connectivity index (χ3v) is 5.05. The van der Waals surface area contributed by atoms with Gasteiger partial charge < -0.3 is 10.4 Å². The first-order valence-electron chi connectivity index (χ1n) is 7.18. The Morgan fingerprint density at radius 2 is 2.09 bits per heavy atom. The second-order valence-electron chi connectivity index (χ2n) is 5.38. The van der Waals surface area contributed by atoms with Crippen LogP contribution >= 0.6 is 11.8 Å². The number of phenolic OH excluding ortho intramolecular Hbond substituents is 1. The van der Waals surface area contributed by atoms with Gasteiger partial charge in [-0.1, -0.05) is 6.07 Å². The van der Waals surface area contributed by atoms with Crippen molar-refractivity contribution in [2.45, 2.75) is 18.2 Å². The molecular formula is C17H15N3OS. The van der Waals surface area contributed by atoms with Crippen molar-refractivity contribution in [2.75, 3.05) is 11.1 Å². The zero-order chi connectivity index (χ0) is 15.1. The Kier molecular flexibility index (Phi) is 3.15. The van der Waals surface area contributed by atoms with Crippen molar-refractivity contribution in [3.05, 3.63) is 47.8 Å². The molecule has 1 aliphatic rings. The highest BCUT2D eigenvalue weighted by atomic mass is 32.2. The predicted octanol–water partition coefficient (Wildman–Crippen LogP) is 4.04. The maximum Gasteiger partial charge on any atom is 0.142 e. The van der Waals surface area contributed by atoms with Gasteiger partial charge in [0.2, 0.25) is 0 Å². The number of thioether (sulfide) groups is 1. The third-order valence-electron chi connectivity index (χ3n) is 3.95. The van der Waals surface area contributed by atoms with Gasteiger partial charge in [-0.25, -0.2) is 9.97 Å². The number of aryl methyl sites for hydroxylation is 2. The summed E-state index contributed by atoms with van der Waals surface area (Å²) in [6.45, 7) is 2.01. The van der Waals surface area contributed by atoms with Crippen LogP contribution in [-0.2, 0) is 6.42 Å². The first kappa shape index (κ1) is 13.4. The number of aromatic hydroxyl groups is 1. The molecule has 0 fully saturated rings. The standard InChI is InChI=1S/C17H15N3OS/c1-10-2-3-11(21)8-14(10)20-17-16-12-6-7-22-15(12)5-4-13(16)18-9-19-17/h2-5,8-9,21H,6-7H2,1H3,(H,18,19,20). The van der Waals surface area contributed by atoms with Crippen molar-refractivity contribution >= 4 is 34.2 Å². The fraction of sp³-hybridized carbons (Fsp3) is 0.176. The van der Waals surface area contributed by atoms with Gasteiger partial charge in [-0.05, 0) is 42.7 Å². The van der Waals surface area contributed by atoms with E-state index in [4.69, 9.17) is 0 Å². The Labute approximate surface area is 132 Å². The molecule has 2 aromatic carbocycles. The van der Waals surface area contributed by atoms with E-state index in [0.717, 1.165) is 40.1 Å². The molecule has 4 rings (SSSR count). The van der Waals surface area contributed by atoms with Crippen LogP contribution in [0.15, 0.2) is 41.6 Å². The summed E-state index contributed by atoms with van der Waals surface area (Å²) in [4.78, 5) is 10.1. The summed E-state index contributed by atoms with van der Waals surface area (Å²) in [6.07, 6.45) is 2.62. The Morgan fingerprint density at radius 1 is 1.18 bits per heavy atom. The number of rotatable bonds is 2. The minimum atomic E-state index is 0.243. The molecular weight excluding hydrogens is 294 g/mol. The Balaban J connectivity index is 1.88. The van der Waals surface area contributed by atoms with Gasteiger partial charge in [-0.2, -0.15) is 0 Å². The number of benzene rings is 2. The lowest BCUT2D eigenvalue weighted by atomic mass is 10.1. The van der Waals surface area contributed by atoms with Gasteiger partial charge >= 0.3 is 0 Å². The summed E-state index contributed by atoms with van der Waals surface area (Å²) >= 11 is 1.88. The lowest BCUT2D eigenvalue weighted by Gasteiger charge is -2.13. The van der Waals surface area contributed by atoms with Gasteiger partial charge in [-0.15, -0.1) is 11.8 Å². The Bertz CT molecular complexity index is 879. The van der Waals surface area contributed by atoms with Gasteiger partial charge in [0.1, 0.15) is 17.9 Å². The van der Waals surface area contributed by atoms with Gasteiger partial charge in [0.25, 0.3) is 0 Å². The number of anilines is 2. The molecule has 0 spiro atoms. The van der Waals surface area contributed by atoms with Crippen LogP contribution in [0, 0.1) is 6.92 Å². The van der Waals surface area contributed by atoms with Crippen molar-refractivity contribution in [3.63, 3.8) is 0 Å². The van der Waals surface area contributed by atoms with Crippen molar-refractivity contribution in [3.8, 4) is 5.75 Å². The normalized spacial score (nSPS) is 13.3. The summed E-state index contributed by atoms with van der Waals surface area (Å²) in [6, 6.07) is 9.50. The lowest BCUT2D eigenvalue weighted by Crippen LogP contribution is -2.00. The van der Waals surface area contributed by atoms with Gasteiger partial charge in [0.05, 0.1) is 5.52 Å². The lowest BCUT2D eigenvalue weighted by molar-refractivity contribution is 0.475. The maximum absolute atomic E-state index is 9.71. The maximum atomic E-state index is 9.71. The summed E-state index contributed by atoms with van der Waals surface area (Å²) in [5.74, 6) is 2.15. The number of aromatic nitrogens is 2. The van der Waals surface area contributed by atoms with Gasteiger partial charge in [0, 0.05) is 27.8 Å². The second-order valence-corrected chi connectivity index (χ2v) is 6.52. The van der Waals surface area contributed by atoms with Crippen LogP contribution in [0.2, 0.25) is 0 Å². The third kappa shape index (κ3) is 2.18. The molecule has 0 saturated carbocycles. The minimum absolute atomic E-state index is 0.243. The van der Waals surface area contributed by atoms with Gasteiger partial charge in [0.15, 0.2) is 0 Å². The summed E-state index contributed by atoms with van der Waals surface area (Å²) in [7, 11) is 0. The summed E-state index contributed by atoms with van der Waals surface area (Å²) in [5.41, 5.74) is 4.20. The quantitative estimate of drug-likeness (QED) is 0.748. The Morgan fingerprint density at radius 3 is 3.00 bits per heavy atom. The van der Waals surface area contributed by atoms with E-state index in [9.17, 15) is 5.11 Å². The van der Waals surface area contributed by atoms with Crippen LogP contribution in [-0.4, -0.2) is 20.8 Å². The molecule has 1 aromatic heterocycles. The number of fused-ring (bicyclic) bond motifs is 3. The Hall–Kier alpha value is -2.27. The molecule has 110 valence electrons. The molecule has 5 heteroatoms. The molecule has 1 aliphatic heterocycles. The fourth-order valence-corrected chi connectivity index (χ4v) is 3.88. The van der Waals surface area contributed by atoms with E-state index in [-0.39, 0.29) is 5.75 Å². The van der Waals surface area contributed by atoms with Gasteiger partial charge in [-0.3, -0.25) is 0 Å². The van der Waals surface area contributed by atoms with Crippen molar-refractivity contribution in [1.82, 2.24) is 9.97 Å². The largest absolute Gasteiger partial charge is 0.508 e. The smallest absolute Gasteiger partial charge is 0.142 e. The van der Waals surface area contributed by atoms with E-state index in [1.165, 1.54) is 10.5 Å². The molecule has 0 saturated heterocycles. The summed E-state index contributed by atoms with van der Waals surface area (Å²) < 4.78 is 0. The van der Waals surface area contributed by atoms with Crippen LogP contribution in [0.1, 0.15) is 11.1 Å². The van der Waals surface area contributed by atoms with Crippen LogP contribution in [0.5, 0.6) is 5.75 Å². The van der Waals surface area contributed by atoms with E-state index >= 15 is 0 Å². The zero-order valence-electron chi connectivity index (χ0n) is 12.1. The molecule has 0 aliphatic carbocycles. The monoisotopic (exact) mass is 309 g/mol. The second kappa shape index (κ2) is 5.18. The van der Waals surface area contributed by atoms with Crippen LogP contribution in [0.4, 0.5) is 11.5 Å². The van der Waals surface area contributed by atoms with Crippen LogP contribution in [0.3, 0.4) is 0 Å². The van der Waals surface area contributed by atoms with E-state index < -0.39 is 0 Å². The molecule has 22 heavy (non-hydrogen) atoms. The van der Waals surface area contributed by atoms with E-state index in [1.807, 2.05) is 24.8 Å². The van der Waals surface area contributed by atoms with Crippen molar-refractivity contribution in [1.29, 1.82) is 0 Å². The summed E-state index contributed by atoms with van der Waals surface area (Å²) in [5, 5.41) is 14.2. The first-order chi connectivity index (χ1) is 10.7. The van der Waals surface area contributed by atoms with E-state index in [0.29, 0.717) is 0 Å².